The SMILES string of the molecule is CC[C@@H](C)Cc1ccc(N=Nc2ccc(C#N)cc2)cc1. The monoisotopic (exact) mass is 277 g/mol. The average Bonchev–Trinajstić information content (AvgIpc) is 2.54. The molecule has 2 rings (SSSR count). The first-order chi connectivity index (χ1) is 10.2. The molecule has 0 bridgehead atoms. The third-order valence-corrected chi connectivity index (χ3v) is 3.49. The number of nitriles is 1. The molecule has 2 aromatic rings. The molecule has 0 fully saturated rings. The van der Waals surface area contributed by atoms with Crippen LogP contribution in [0.4, 0.5) is 11.4 Å². The molecule has 0 heterocycles. The second-order valence-electron chi connectivity index (χ2n) is 5.24. The smallest absolute Gasteiger partial charge is 0.0991 e. The largest absolute Gasteiger partial charge is 0.192 e. The molecule has 0 saturated heterocycles. The van der Waals surface area contributed by atoms with Crippen molar-refractivity contribution in [2.24, 2.45) is 16.1 Å². The molecule has 0 unspecified atom stereocenters. The molecule has 0 amide bonds. The lowest BCUT2D eigenvalue weighted by Gasteiger charge is -2.07. The fourth-order valence-corrected chi connectivity index (χ4v) is 1.96. The van der Waals surface area contributed by atoms with E-state index in [1.807, 2.05) is 12.1 Å². The molecule has 0 aliphatic heterocycles. The number of hydrogen-bond acceptors (Lipinski definition) is 3. The second kappa shape index (κ2) is 7.35. The van der Waals surface area contributed by atoms with Gasteiger partial charge in [-0.2, -0.15) is 15.5 Å². The summed E-state index contributed by atoms with van der Waals surface area (Å²) >= 11 is 0. The fourth-order valence-electron chi connectivity index (χ4n) is 1.96. The highest BCUT2D eigenvalue weighted by atomic mass is 15.1. The molecule has 0 spiro atoms. The molecule has 106 valence electrons. The highest BCUT2D eigenvalue weighted by Gasteiger charge is 2.01. The van der Waals surface area contributed by atoms with Crippen molar-refractivity contribution >= 4 is 11.4 Å². The number of rotatable bonds is 5. The van der Waals surface area contributed by atoms with E-state index < -0.39 is 0 Å². The summed E-state index contributed by atoms with van der Waals surface area (Å²) in [5.41, 5.74) is 3.55. The molecular formula is C18H19N3. The first kappa shape index (κ1) is 14.9. The topological polar surface area (TPSA) is 48.5 Å². The zero-order chi connectivity index (χ0) is 15.1. The Kier molecular flexibility index (Phi) is 5.22. The normalized spacial score (nSPS) is 12.2. The summed E-state index contributed by atoms with van der Waals surface area (Å²) in [6.07, 6.45) is 2.30. The Balaban J connectivity index is 2.02. The third-order valence-electron chi connectivity index (χ3n) is 3.49. The van der Waals surface area contributed by atoms with Crippen molar-refractivity contribution in [1.82, 2.24) is 0 Å². The molecule has 2 aromatic carbocycles. The molecule has 3 nitrogen and oxygen atoms in total. The van der Waals surface area contributed by atoms with Crippen LogP contribution in [0.25, 0.3) is 0 Å². The van der Waals surface area contributed by atoms with Gasteiger partial charge < -0.3 is 0 Å². The second-order valence-corrected chi connectivity index (χ2v) is 5.24. The van der Waals surface area contributed by atoms with E-state index in [0.29, 0.717) is 11.5 Å². The summed E-state index contributed by atoms with van der Waals surface area (Å²) in [7, 11) is 0. The maximum Gasteiger partial charge on any atom is 0.0991 e. The van der Waals surface area contributed by atoms with E-state index in [1.54, 1.807) is 24.3 Å². The van der Waals surface area contributed by atoms with Gasteiger partial charge in [0, 0.05) is 0 Å². The van der Waals surface area contributed by atoms with E-state index in [0.717, 1.165) is 17.8 Å². The molecular weight excluding hydrogens is 258 g/mol. The minimum atomic E-state index is 0.628. The first-order valence-corrected chi connectivity index (χ1v) is 7.22. The Labute approximate surface area is 126 Å². The number of azo groups is 1. The Morgan fingerprint density at radius 2 is 1.48 bits per heavy atom. The van der Waals surface area contributed by atoms with Crippen LogP contribution in [0.1, 0.15) is 31.4 Å². The van der Waals surface area contributed by atoms with Gasteiger partial charge >= 0.3 is 0 Å². The van der Waals surface area contributed by atoms with Crippen LogP contribution in [-0.4, -0.2) is 0 Å². The highest BCUT2D eigenvalue weighted by molar-refractivity contribution is 5.44. The van der Waals surface area contributed by atoms with Crippen molar-refractivity contribution in [2.45, 2.75) is 26.7 Å². The minimum absolute atomic E-state index is 0.628. The minimum Gasteiger partial charge on any atom is -0.192 e. The molecule has 1 atom stereocenters. The van der Waals surface area contributed by atoms with Crippen molar-refractivity contribution in [3.05, 3.63) is 59.7 Å². The fraction of sp³-hybridized carbons (Fsp3) is 0.278. The average molecular weight is 277 g/mol. The van der Waals surface area contributed by atoms with E-state index in [9.17, 15) is 0 Å². The van der Waals surface area contributed by atoms with Gasteiger partial charge in [0.1, 0.15) is 0 Å². The molecule has 0 aliphatic rings. The standard InChI is InChI=1S/C18H19N3/c1-3-14(2)12-15-4-8-17(9-5-15)20-21-18-10-6-16(13-19)7-11-18/h4-11,14H,3,12H2,1-2H3/t14-/m1/s1. The predicted octanol–water partition coefficient (Wildman–Crippen LogP) is 5.56. The lowest BCUT2D eigenvalue weighted by atomic mass is 9.99. The summed E-state index contributed by atoms with van der Waals surface area (Å²) in [5, 5.41) is 17.1. The molecule has 0 saturated carbocycles. The van der Waals surface area contributed by atoms with Crippen molar-refractivity contribution < 1.29 is 0 Å². The van der Waals surface area contributed by atoms with Gasteiger partial charge in [0.2, 0.25) is 0 Å². The van der Waals surface area contributed by atoms with E-state index in [-0.39, 0.29) is 0 Å². The summed E-state index contributed by atoms with van der Waals surface area (Å²) < 4.78 is 0. The van der Waals surface area contributed by atoms with E-state index in [1.165, 1.54) is 12.0 Å². The summed E-state index contributed by atoms with van der Waals surface area (Å²) in [6, 6.07) is 17.3. The number of hydrogen-bond donors (Lipinski definition) is 0. The summed E-state index contributed by atoms with van der Waals surface area (Å²) in [6.45, 7) is 4.48. The number of benzene rings is 2. The van der Waals surface area contributed by atoms with Crippen molar-refractivity contribution in [3.8, 4) is 6.07 Å². The van der Waals surface area contributed by atoms with Crippen LogP contribution in [0, 0.1) is 17.2 Å². The van der Waals surface area contributed by atoms with E-state index >= 15 is 0 Å². The molecule has 3 heteroatoms. The molecule has 0 aliphatic carbocycles. The van der Waals surface area contributed by atoms with Gasteiger partial charge in [-0.15, -0.1) is 0 Å². The van der Waals surface area contributed by atoms with Crippen molar-refractivity contribution in [2.75, 3.05) is 0 Å². The predicted molar refractivity (Wildman–Crippen MR) is 84.9 cm³/mol. The van der Waals surface area contributed by atoms with Crippen LogP contribution in [0.5, 0.6) is 0 Å². The van der Waals surface area contributed by atoms with Gasteiger partial charge in [-0.05, 0) is 54.3 Å². The maximum absolute atomic E-state index is 8.74. The van der Waals surface area contributed by atoms with Gasteiger partial charge in [0.25, 0.3) is 0 Å². The molecule has 0 radical (unpaired) electrons. The van der Waals surface area contributed by atoms with Crippen LogP contribution in [-0.2, 0) is 6.42 Å². The van der Waals surface area contributed by atoms with E-state index in [2.05, 4.69) is 42.3 Å². The zero-order valence-corrected chi connectivity index (χ0v) is 12.5. The Morgan fingerprint density at radius 1 is 0.952 bits per heavy atom. The van der Waals surface area contributed by atoms with Crippen LogP contribution >= 0.6 is 0 Å². The number of nitrogens with zero attached hydrogens (tertiary/aromatic N) is 3. The Morgan fingerprint density at radius 3 is 1.95 bits per heavy atom. The Hall–Kier alpha value is -2.47. The van der Waals surface area contributed by atoms with Crippen LogP contribution in [0.2, 0.25) is 0 Å². The van der Waals surface area contributed by atoms with Crippen LogP contribution in [0.3, 0.4) is 0 Å². The summed E-state index contributed by atoms with van der Waals surface area (Å²) in [4.78, 5) is 0. The maximum atomic E-state index is 8.74. The molecule has 0 aromatic heterocycles. The Bertz CT molecular complexity index is 634. The van der Waals surface area contributed by atoms with Crippen molar-refractivity contribution in [3.63, 3.8) is 0 Å². The van der Waals surface area contributed by atoms with E-state index in [4.69, 9.17) is 5.26 Å². The van der Waals surface area contributed by atoms with Gasteiger partial charge in [-0.3, -0.25) is 0 Å². The van der Waals surface area contributed by atoms with Crippen molar-refractivity contribution in [1.29, 1.82) is 5.26 Å². The summed E-state index contributed by atoms with van der Waals surface area (Å²) in [5.74, 6) is 0.705. The first-order valence-electron chi connectivity index (χ1n) is 7.22. The third kappa shape index (κ3) is 4.54. The lowest BCUT2D eigenvalue weighted by Crippen LogP contribution is -1.96. The quantitative estimate of drug-likeness (QED) is 0.660. The van der Waals surface area contributed by atoms with Gasteiger partial charge in [0.15, 0.2) is 0 Å². The lowest BCUT2D eigenvalue weighted by molar-refractivity contribution is 0.560. The highest BCUT2D eigenvalue weighted by Crippen LogP contribution is 2.20. The zero-order valence-electron chi connectivity index (χ0n) is 12.5. The molecule has 21 heavy (non-hydrogen) atoms. The van der Waals surface area contributed by atoms with Crippen LogP contribution in [0.15, 0.2) is 58.8 Å². The van der Waals surface area contributed by atoms with Gasteiger partial charge in [0.05, 0.1) is 23.0 Å². The molecule has 0 N–H and O–H groups in total. The van der Waals surface area contributed by atoms with Crippen LogP contribution < -0.4 is 0 Å². The van der Waals surface area contributed by atoms with Gasteiger partial charge in [-0.25, -0.2) is 0 Å². The van der Waals surface area contributed by atoms with Gasteiger partial charge in [-0.1, -0.05) is 32.4 Å².